The maximum Gasteiger partial charge on any atom is 0.0321 e. The topological polar surface area (TPSA) is 28.2 Å². The van der Waals surface area contributed by atoms with Gasteiger partial charge in [0.1, 0.15) is 0 Å². The standard InChI is InChI=1S/C16H27N3/c1-3-12-19(13-16-6-4-5-9-18-16)14(2)15-7-10-17-11-8-15/h7-8,10-11,14,16,18H,3-6,9,12-13H2,1-2H3. The van der Waals surface area contributed by atoms with Gasteiger partial charge < -0.3 is 5.32 Å². The summed E-state index contributed by atoms with van der Waals surface area (Å²) in [5, 5.41) is 3.66. The molecule has 19 heavy (non-hydrogen) atoms. The van der Waals surface area contributed by atoms with Crippen molar-refractivity contribution < 1.29 is 0 Å². The van der Waals surface area contributed by atoms with Crippen molar-refractivity contribution in [3.8, 4) is 0 Å². The van der Waals surface area contributed by atoms with Gasteiger partial charge in [0.2, 0.25) is 0 Å². The molecule has 106 valence electrons. The van der Waals surface area contributed by atoms with Gasteiger partial charge in [0.25, 0.3) is 0 Å². The maximum atomic E-state index is 4.12. The Hall–Kier alpha value is -0.930. The first-order valence-corrected chi connectivity index (χ1v) is 7.68. The summed E-state index contributed by atoms with van der Waals surface area (Å²) in [6, 6.07) is 5.43. The van der Waals surface area contributed by atoms with Crippen LogP contribution in [0.3, 0.4) is 0 Å². The minimum absolute atomic E-state index is 0.478. The highest BCUT2D eigenvalue weighted by atomic mass is 15.2. The molecule has 1 saturated heterocycles. The van der Waals surface area contributed by atoms with Gasteiger partial charge in [-0.1, -0.05) is 13.3 Å². The first kappa shape index (κ1) is 14.5. The molecule has 1 fully saturated rings. The highest BCUT2D eigenvalue weighted by Gasteiger charge is 2.20. The Labute approximate surface area is 117 Å². The zero-order valence-corrected chi connectivity index (χ0v) is 12.3. The van der Waals surface area contributed by atoms with E-state index in [9.17, 15) is 0 Å². The van der Waals surface area contributed by atoms with Gasteiger partial charge in [-0.15, -0.1) is 0 Å². The number of piperidine rings is 1. The number of hydrogen-bond donors (Lipinski definition) is 1. The van der Waals surface area contributed by atoms with Crippen LogP contribution in [0, 0.1) is 0 Å². The molecule has 2 rings (SSSR count). The second kappa shape index (κ2) is 7.61. The molecule has 3 nitrogen and oxygen atoms in total. The average Bonchev–Trinajstić information content (AvgIpc) is 2.48. The van der Waals surface area contributed by atoms with Gasteiger partial charge in [-0.05, 0) is 57.0 Å². The predicted octanol–water partition coefficient (Wildman–Crippen LogP) is 3.00. The lowest BCUT2D eigenvalue weighted by Crippen LogP contribution is -2.44. The third kappa shape index (κ3) is 4.29. The first-order valence-electron chi connectivity index (χ1n) is 7.68. The average molecular weight is 261 g/mol. The molecular formula is C16H27N3. The molecule has 0 aliphatic carbocycles. The van der Waals surface area contributed by atoms with E-state index in [1.165, 1.54) is 44.3 Å². The summed E-state index contributed by atoms with van der Waals surface area (Å²) in [5.41, 5.74) is 1.37. The zero-order valence-electron chi connectivity index (χ0n) is 12.3. The van der Waals surface area contributed by atoms with Crippen molar-refractivity contribution in [3.63, 3.8) is 0 Å². The molecular weight excluding hydrogens is 234 g/mol. The highest BCUT2D eigenvalue weighted by molar-refractivity contribution is 5.14. The number of pyridine rings is 1. The molecule has 1 aliphatic rings. The van der Waals surface area contributed by atoms with Crippen LogP contribution >= 0.6 is 0 Å². The summed E-state index contributed by atoms with van der Waals surface area (Å²) >= 11 is 0. The molecule has 0 spiro atoms. The molecule has 2 atom stereocenters. The molecule has 1 aliphatic heterocycles. The van der Waals surface area contributed by atoms with Gasteiger partial charge in [0, 0.05) is 31.0 Å². The van der Waals surface area contributed by atoms with Crippen LogP contribution < -0.4 is 5.32 Å². The Bertz CT molecular complexity index is 346. The van der Waals surface area contributed by atoms with E-state index in [0.717, 1.165) is 6.54 Å². The summed E-state index contributed by atoms with van der Waals surface area (Å²) < 4.78 is 0. The van der Waals surface area contributed by atoms with E-state index in [-0.39, 0.29) is 0 Å². The molecule has 0 bridgehead atoms. The molecule has 1 aromatic rings. The van der Waals surface area contributed by atoms with Gasteiger partial charge in [0.15, 0.2) is 0 Å². The van der Waals surface area contributed by atoms with Crippen LogP contribution in [-0.2, 0) is 0 Å². The summed E-state index contributed by atoms with van der Waals surface area (Å²) in [7, 11) is 0. The number of nitrogens with one attached hydrogen (secondary N) is 1. The minimum Gasteiger partial charge on any atom is -0.313 e. The fourth-order valence-corrected chi connectivity index (χ4v) is 2.95. The first-order chi connectivity index (χ1) is 9.31. The smallest absolute Gasteiger partial charge is 0.0321 e. The third-order valence-electron chi connectivity index (χ3n) is 4.11. The quantitative estimate of drug-likeness (QED) is 0.853. The largest absolute Gasteiger partial charge is 0.313 e. The Balaban J connectivity index is 1.97. The molecule has 1 aromatic heterocycles. The van der Waals surface area contributed by atoms with E-state index in [2.05, 4.69) is 41.2 Å². The summed E-state index contributed by atoms with van der Waals surface area (Å²) in [6.45, 7) is 8.10. The lowest BCUT2D eigenvalue weighted by Gasteiger charge is -2.34. The SMILES string of the molecule is CCCN(CC1CCCCN1)C(C)c1ccncc1. The van der Waals surface area contributed by atoms with Crippen molar-refractivity contribution in [2.24, 2.45) is 0 Å². The van der Waals surface area contributed by atoms with Crippen molar-refractivity contribution in [1.29, 1.82) is 0 Å². The van der Waals surface area contributed by atoms with Crippen LogP contribution in [0.2, 0.25) is 0 Å². The number of nitrogens with zero attached hydrogens (tertiary/aromatic N) is 2. The van der Waals surface area contributed by atoms with Crippen LogP contribution in [0.15, 0.2) is 24.5 Å². The van der Waals surface area contributed by atoms with E-state index >= 15 is 0 Å². The predicted molar refractivity (Wildman–Crippen MR) is 80.2 cm³/mol. The van der Waals surface area contributed by atoms with Crippen molar-refractivity contribution in [1.82, 2.24) is 15.2 Å². The number of rotatable bonds is 6. The zero-order chi connectivity index (χ0) is 13.5. The molecule has 0 saturated carbocycles. The maximum absolute atomic E-state index is 4.12. The fraction of sp³-hybridized carbons (Fsp3) is 0.688. The van der Waals surface area contributed by atoms with Crippen molar-refractivity contribution in [2.45, 2.75) is 51.6 Å². The molecule has 3 heteroatoms. The van der Waals surface area contributed by atoms with Gasteiger partial charge in [0.05, 0.1) is 0 Å². The highest BCUT2D eigenvalue weighted by Crippen LogP contribution is 2.21. The van der Waals surface area contributed by atoms with Gasteiger partial charge in [-0.3, -0.25) is 9.88 Å². The van der Waals surface area contributed by atoms with Gasteiger partial charge in [-0.25, -0.2) is 0 Å². The second-order valence-corrected chi connectivity index (χ2v) is 5.60. The van der Waals surface area contributed by atoms with Crippen LogP contribution in [0.25, 0.3) is 0 Å². The monoisotopic (exact) mass is 261 g/mol. The van der Waals surface area contributed by atoms with E-state index in [4.69, 9.17) is 0 Å². The molecule has 2 heterocycles. The van der Waals surface area contributed by atoms with Crippen molar-refractivity contribution in [3.05, 3.63) is 30.1 Å². The lowest BCUT2D eigenvalue weighted by atomic mass is 10.0. The molecule has 2 unspecified atom stereocenters. The Morgan fingerprint density at radius 1 is 1.37 bits per heavy atom. The molecule has 0 amide bonds. The van der Waals surface area contributed by atoms with Crippen molar-refractivity contribution >= 4 is 0 Å². The second-order valence-electron chi connectivity index (χ2n) is 5.60. The van der Waals surface area contributed by atoms with Crippen molar-refractivity contribution in [2.75, 3.05) is 19.6 Å². The summed E-state index contributed by atoms with van der Waals surface area (Å²) in [5.74, 6) is 0. The van der Waals surface area contributed by atoms with Crippen LogP contribution in [0.5, 0.6) is 0 Å². The van der Waals surface area contributed by atoms with Gasteiger partial charge in [-0.2, -0.15) is 0 Å². The molecule has 0 aromatic carbocycles. The lowest BCUT2D eigenvalue weighted by molar-refractivity contribution is 0.176. The third-order valence-corrected chi connectivity index (χ3v) is 4.11. The number of hydrogen-bond acceptors (Lipinski definition) is 3. The number of aromatic nitrogens is 1. The van der Waals surface area contributed by atoms with Crippen LogP contribution in [0.4, 0.5) is 0 Å². The van der Waals surface area contributed by atoms with Crippen LogP contribution in [0.1, 0.15) is 51.1 Å². The van der Waals surface area contributed by atoms with E-state index in [0.29, 0.717) is 12.1 Å². The molecule has 1 N–H and O–H groups in total. The Kier molecular flexibility index (Phi) is 5.80. The Morgan fingerprint density at radius 3 is 2.79 bits per heavy atom. The fourth-order valence-electron chi connectivity index (χ4n) is 2.95. The minimum atomic E-state index is 0.478. The summed E-state index contributed by atoms with van der Waals surface area (Å²) in [6.07, 6.45) is 9.04. The molecule has 0 radical (unpaired) electrons. The van der Waals surface area contributed by atoms with Gasteiger partial charge >= 0.3 is 0 Å². The van der Waals surface area contributed by atoms with E-state index in [1.54, 1.807) is 0 Å². The summed E-state index contributed by atoms with van der Waals surface area (Å²) in [4.78, 5) is 6.73. The Morgan fingerprint density at radius 2 is 2.16 bits per heavy atom. The normalized spacial score (nSPS) is 21.5. The van der Waals surface area contributed by atoms with E-state index in [1.807, 2.05) is 12.4 Å². The van der Waals surface area contributed by atoms with Crippen LogP contribution in [-0.4, -0.2) is 35.6 Å². The van der Waals surface area contributed by atoms with E-state index < -0.39 is 0 Å².